The molecule has 7 nitrogen and oxygen atoms in total. The summed E-state index contributed by atoms with van der Waals surface area (Å²) in [6.07, 6.45) is 2.37. The molecule has 0 bridgehead atoms. The SMILES string of the molecule is Cc1onc(-c2ccccc2)c1C(=O)NCCCN(C(=O)OC(C)(C)C)C1CC1. The zero-order valence-corrected chi connectivity index (χ0v) is 17.5. The molecule has 1 fully saturated rings. The van der Waals surface area contributed by atoms with Crippen LogP contribution in [-0.4, -0.2) is 46.8 Å². The molecule has 0 radical (unpaired) electrons. The zero-order valence-electron chi connectivity index (χ0n) is 17.5. The van der Waals surface area contributed by atoms with Crippen molar-refractivity contribution in [2.45, 2.75) is 58.6 Å². The second-order valence-electron chi connectivity index (χ2n) is 8.34. The average Bonchev–Trinajstić information content (AvgIpc) is 3.41. The lowest BCUT2D eigenvalue weighted by atomic mass is 10.1. The van der Waals surface area contributed by atoms with E-state index >= 15 is 0 Å². The first-order chi connectivity index (χ1) is 13.8. The van der Waals surface area contributed by atoms with Gasteiger partial charge in [-0.05, 0) is 47.0 Å². The fourth-order valence-electron chi connectivity index (χ4n) is 3.10. The summed E-state index contributed by atoms with van der Waals surface area (Å²) in [6.45, 7) is 8.31. The van der Waals surface area contributed by atoms with Gasteiger partial charge in [-0.3, -0.25) is 4.79 Å². The van der Waals surface area contributed by atoms with Crippen LogP contribution in [0.25, 0.3) is 11.3 Å². The Labute approximate surface area is 171 Å². The van der Waals surface area contributed by atoms with E-state index in [2.05, 4.69) is 10.5 Å². The minimum absolute atomic E-state index is 0.224. The van der Waals surface area contributed by atoms with Crippen LogP contribution in [0.15, 0.2) is 34.9 Å². The molecule has 156 valence electrons. The highest BCUT2D eigenvalue weighted by Crippen LogP contribution is 2.28. The predicted octanol–water partition coefficient (Wildman–Crippen LogP) is 4.17. The molecule has 1 saturated carbocycles. The minimum Gasteiger partial charge on any atom is -0.444 e. The molecule has 2 aromatic rings. The van der Waals surface area contributed by atoms with Crippen molar-refractivity contribution < 1.29 is 18.8 Å². The molecule has 29 heavy (non-hydrogen) atoms. The first-order valence-electron chi connectivity index (χ1n) is 10.1. The Morgan fingerprint density at radius 1 is 1.24 bits per heavy atom. The lowest BCUT2D eigenvalue weighted by molar-refractivity contribution is 0.0232. The van der Waals surface area contributed by atoms with Crippen molar-refractivity contribution in [2.24, 2.45) is 0 Å². The summed E-state index contributed by atoms with van der Waals surface area (Å²) in [6, 6.07) is 9.73. The minimum atomic E-state index is -0.516. The Hall–Kier alpha value is -2.83. The number of ether oxygens (including phenoxy) is 1. The number of nitrogens with one attached hydrogen (secondary N) is 1. The second-order valence-corrected chi connectivity index (χ2v) is 8.34. The summed E-state index contributed by atoms with van der Waals surface area (Å²) >= 11 is 0. The maximum Gasteiger partial charge on any atom is 0.410 e. The quantitative estimate of drug-likeness (QED) is 0.707. The van der Waals surface area contributed by atoms with Crippen LogP contribution < -0.4 is 5.32 Å². The molecular formula is C22H29N3O4. The molecule has 0 atom stereocenters. The summed E-state index contributed by atoms with van der Waals surface area (Å²) < 4.78 is 10.8. The molecule has 1 N–H and O–H groups in total. The highest BCUT2D eigenvalue weighted by Gasteiger charge is 2.34. The first kappa shape index (κ1) is 20.9. The van der Waals surface area contributed by atoms with Gasteiger partial charge in [-0.25, -0.2) is 4.79 Å². The van der Waals surface area contributed by atoms with Crippen LogP contribution in [0.3, 0.4) is 0 Å². The maximum atomic E-state index is 12.7. The van der Waals surface area contributed by atoms with Gasteiger partial charge in [0.25, 0.3) is 5.91 Å². The normalized spacial score (nSPS) is 13.8. The Morgan fingerprint density at radius 3 is 2.55 bits per heavy atom. The van der Waals surface area contributed by atoms with Crippen molar-refractivity contribution in [1.82, 2.24) is 15.4 Å². The molecule has 3 rings (SSSR count). The first-order valence-corrected chi connectivity index (χ1v) is 10.1. The Kier molecular flexibility index (Phi) is 6.25. The lowest BCUT2D eigenvalue weighted by Crippen LogP contribution is -2.39. The standard InChI is InChI=1S/C22H29N3O4/c1-15-18(19(24-29-15)16-9-6-5-7-10-16)20(26)23-13-8-14-25(17-11-12-17)21(27)28-22(2,3)4/h5-7,9-10,17H,8,11-14H2,1-4H3,(H,23,26). The molecule has 1 heterocycles. The van der Waals surface area contributed by atoms with E-state index < -0.39 is 5.60 Å². The monoisotopic (exact) mass is 399 g/mol. The molecule has 0 saturated heterocycles. The van der Waals surface area contributed by atoms with E-state index in [4.69, 9.17) is 9.26 Å². The Bertz CT molecular complexity index is 851. The van der Waals surface area contributed by atoms with Crippen molar-refractivity contribution >= 4 is 12.0 Å². The number of amides is 2. The largest absolute Gasteiger partial charge is 0.444 e. The molecule has 2 amide bonds. The number of nitrogens with zero attached hydrogens (tertiary/aromatic N) is 2. The number of benzene rings is 1. The summed E-state index contributed by atoms with van der Waals surface area (Å²) in [4.78, 5) is 26.9. The summed E-state index contributed by atoms with van der Waals surface area (Å²) in [5, 5.41) is 6.97. The number of aryl methyl sites for hydroxylation is 1. The van der Waals surface area contributed by atoms with Crippen molar-refractivity contribution in [1.29, 1.82) is 0 Å². The fraction of sp³-hybridized carbons (Fsp3) is 0.500. The van der Waals surface area contributed by atoms with Crippen LogP contribution in [0, 0.1) is 6.92 Å². The molecule has 7 heteroatoms. The van der Waals surface area contributed by atoms with Crippen LogP contribution in [0.5, 0.6) is 0 Å². The second kappa shape index (κ2) is 8.68. The van der Waals surface area contributed by atoms with Gasteiger partial charge in [0.05, 0.1) is 0 Å². The van der Waals surface area contributed by atoms with Crippen molar-refractivity contribution in [3.8, 4) is 11.3 Å². The van der Waals surface area contributed by atoms with Gasteiger partial charge >= 0.3 is 6.09 Å². The smallest absolute Gasteiger partial charge is 0.410 e. The van der Waals surface area contributed by atoms with Crippen LogP contribution in [-0.2, 0) is 4.74 Å². The molecular weight excluding hydrogens is 370 g/mol. The topological polar surface area (TPSA) is 84.7 Å². The van der Waals surface area contributed by atoms with Crippen LogP contribution in [0.4, 0.5) is 4.79 Å². The number of aromatic nitrogens is 1. The molecule has 1 aromatic carbocycles. The number of carbonyl (C=O) groups excluding carboxylic acids is 2. The highest BCUT2D eigenvalue weighted by molar-refractivity contribution is 6.00. The van der Waals surface area contributed by atoms with Crippen molar-refractivity contribution in [3.05, 3.63) is 41.7 Å². The number of hydrogen-bond donors (Lipinski definition) is 1. The molecule has 1 aliphatic rings. The van der Waals surface area contributed by atoms with E-state index in [-0.39, 0.29) is 18.0 Å². The van der Waals surface area contributed by atoms with Crippen LogP contribution in [0.2, 0.25) is 0 Å². The Morgan fingerprint density at radius 2 is 1.93 bits per heavy atom. The number of rotatable bonds is 7. The van der Waals surface area contributed by atoms with Gasteiger partial charge in [0.2, 0.25) is 0 Å². The van der Waals surface area contributed by atoms with Gasteiger partial charge in [0, 0.05) is 24.7 Å². The maximum absolute atomic E-state index is 12.7. The summed E-state index contributed by atoms with van der Waals surface area (Å²) in [5.74, 6) is 0.257. The summed E-state index contributed by atoms with van der Waals surface area (Å²) in [7, 11) is 0. The third kappa shape index (κ3) is 5.59. The van der Waals surface area contributed by atoms with E-state index in [0.717, 1.165) is 18.4 Å². The van der Waals surface area contributed by atoms with E-state index in [1.54, 1.807) is 11.8 Å². The molecule has 1 aliphatic carbocycles. The van der Waals surface area contributed by atoms with E-state index in [1.807, 2.05) is 51.1 Å². The predicted molar refractivity (Wildman–Crippen MR) is 110 cm³/mol. The Balaban J connectivity index is 1.55. The van der Waals surface area contributed by atoms with Gasteiger partial charge in [0.1, 0.15) is 22.6 Å². The third-order valence-corrected chi connectivity index (χ3v) is 4.61. The van der Waals surface area contributed by atoms with Crippen molar-refractivity contribution in [2.75, 3.05) is 13.1 Å². The lowest BCUT2D eigenvalue weighted by Gasteiger charge is -2.27. The van der Waals surface area contributed by atoms with Crippen LogP contribution in [0.1, 0.15) is 56.2 Å². The van der Waals surface area contributed by atoms with Gasteiger partial charge in [-0.2, -0.15) is 0 Å². The highest BCUT2D eigenvalue weighted by atomic mass is 16.6. The third-order valence-electron chi connectivity index (χ3n) is 4.61. The van der Waals surface area contributed by atoms with E-state index in [1.165, 1.54) is 0 Å². The molecule has 0 aliphatic heterocycles. The van der Waals surface area contributed by atoms with E-state index in [0.29, 0.717) is 36.5 Å². The fourth-order valence-corrected chi connectivity index (χ4v) is 3.10. The number of carbonyl (C=O) groups is 2. The van der Waals surface area contributed by atoms with Gasteiger partial charge in [-0.15, -0.1) is 0 Å². The molecule has 1 aromatic heterocycles. The van der Waals surface area contributed by atoms with Gasteiger partial charge < -0.3 is 19.5 Å². The summed E-state index contributed by atoms with van der Waals surface area (Å²) in [5.41, 5.74) is 1.30. The molecule has 0 unspecified atom stereocenters. The molecule has 0 spiro atoms. The van der Waals surface area contributed by atoms with Crippen LogP contribution >= 0.6 is 0 Å². The van der Waals surface area contributed by atoms with Crippen molar-refractivity contribution in [3.63, 3.8) is 0 Å². The zero-order chi connectivity index (χ0) is 21.0. The van der Waals surface area contributed by atoms with E-state index in [9.17, 15) is 9.59 Å². The number of hydrogen-bond acceptors (Lipinski definition) is 5. The van der Waals surface area contributed by atoms with Gasteiger partial charge in [-0.1, -0.05) is 35.5 Å². The average molecular weight is 399 g/mol. The van der Waals surface area contributed by atoms with Gasteiger partial charge in [0.15, 0.2) is 0 Å².